The number of aromatic hydroxyl groups is 1. The van der Waals surface area contributed by atoms with Crippen LogP contribution in [0.15, 0.2) is 12.1 Å². The Hall–Kier alpha value is -0.461. The molecule has 3 unspecified atom stereocenters. The fourth-order valence-corrected chi connectivity index (χ4v) is 7.95. The molecule has 0 saturated heterocycles. The Morgan fingerprint density at radius 3 is 2.14 bits per heavy atom. The molecule has 1 aliphatic rings. The molecule has 166 valence electrons. The molecule has 0 bridgehead atoms. The summed E-state index contributed by atoms with van der Waals surface area (Å²) in [7, 11) is 0. The molecular weight excluding hydrogens is 419 g/mol. The van der Waals surface area contributed by atoms with Crippen LogP contribution in [0.1, 0.15) is 110 Å². The van der Waals surface area contributed by atoms with Gasteiger partial charge in [-0.25, -0.2) is 0 Å². The molecule has 0 fully saturated rings. The Balaban J connectivity index is 1.64. The number of fused-ring (bicyclic) bond motifs is 1. The monoisotopic (exact) mass is 466 g/mol. The molecule has 29 heavy (non-hydrogen) atoms. The van der Waals surface area contributed by atoms with Gasteiger partial charge in [0.2, 0.25) is 0 Å². The number of hydrogen-bond acceptors (Lipinski definition) is 1. The van der Waals surface area contributed by atoms with E-state index >= 15 is 0 Å². The van der Waals surface area contributed by atoms with E-state index in [0.29, 0.717) is 25.0 Å². The number of rotatable bonds is 12. The van der Waals surface area contributed by atoms with Gasteiger partial charge in [-0.3, -0.25) is 0 Å². The van der Waals surface area contributed by atoms with E-state index in [1.54, 1.807) is 4.46 Å². The zero-order valence-electron chi connectivity index (χ0n) is 20.0. The van der Waals surface area contributed by atoms with Gasteiger partial charge in [0.05, 0.1) is 0 Å². The molecular formula is C27H46OSe. The standard InChI is InChI=1S/C27H46OSe/c1-20(2)10-7-11-21(3)12-8-13-22(4)14-9-18-27(6)19-17-24-23(5)25(28)15-16-26(24)29-27/h15-16,20-22,28H,7-14,17-19H2,1-6H3. The van der Waals surface area contributed by atoms with E-state index in [9.17, 15) is 5.11 Å². The van der Waals surface area contributed by atoms with E-state index in [0.717, 1.165) is 29.7 Å². The minimum atomic E-state index is 0.478. The quantitative estimate of drug-likeness (QED) is 0.315. The fourth-order valence-electron chi connectivity index (χ4n) is 4.81. The molecule has 0 saturated carbocycles. The Kier molecular flexibility index (Phi) is 10.1. The molecule has 2 rings (SSSR count). The first-order chi connectivity index (χ1) is 13.7. The van der Waals surface area contributed by atoms with E-state index in [1.807, 2.05) is 6.07 Å². The third kappa shape index (κ3) is 8.29. The summed E-state index contributed by atoms with van der Waals surface area (Å²) >= 11 is 0.535. The number of phenols is 1. The average Bonchev–Trinajstić information content (AvgIpc) is 2.64. The second-order valence-corrected chi connectivity index (χ2v) is 14.0. The first-order valence-corrected chi connectivity index (χ1v) is 13.9. The summed E-state index contributed by atoms with van der Waals surface area (Å²) in [6, 6.07) is 4.10. The van der Waals surface area contributed by atoms with Crippen LogP contribution in [0.3, 0.4) is 0 Å². The van der Waals surface area contributed by atoms with Crippen molar-refractivity contribution in [1.82, 2.24) is 0 Å². The van der Waals surface area contributed by atoms with Crippen molar-refractivity contribution in [2.75, 3.05) is 0 Å². The molecule has 0 amide bonds. The molecule has 1 aromatic carbocycles. The first-order valence-electron chi connectivity index (χ1n) is 12.2. The third-order valence-corrected chi connectivity index (χ3v) is 10.2. The molecule has 1 heterocycles. The van der Waals surface area contributed by atoms with Gasteiger partial charge >= 0.3 is 168 Å². The van der Waals surface area contributed by atoms with E-state index in [1.165, 1.54) is 69.8 Å². The summed E-state index contributed by atoms with van der Waals surface area (Å²) < 4.78 is 2.05. The SMILES string of the molecule is Cc1c(O)ccc2c1CCC(C)(CCCC(C)CCCC(C)CCCC(C)C)[Se]2. The maximum atomic E-state index is 9.98. The second-order valence-electron chi connectivity index (χ2n) is 10.6. The van der Waals surface area contributed by atoms with Gasteiger partial charge in [0.25, 0.3) is 0 Å². The van der Waals surface area contributed by atoms with E-state index in [4.69, 9.17) is 0 Å². The van der Waals surface area contributed by atoms with Gasteiger partial charge in [-0.2, -0.15) is 0 Å². The van der Waals surface area contributed by atoms with E-state index < -0.39 is 0 Å². The van der Waals surface area contributed by atoms with Crippen LogP contribution in [0.25, 0.3) is 0 Å². The summed E-state index contributed by atoms with van der Waals surface area (Å²) in [5, 5.41) is 9.98. The first kappa shape index (κ1) is 24.8. The summed E-state index contributed by atoms with van der Waals surface area (Å²) in [5.74, 6) is 3.13. The third-order valence-electron chi connectivity index (χ3n) is 7.06. The van der Waals surface area contributed by atoms with Crippen LogP contribution in [0.4, 0.5) is 0 Å². The van der Waals surface area contributed by atoms with Crippen molar-refractivity contribution in [3.05, 3.63) is 23.3 Å². The van der Waals surface area contributed by atoms with Gasteiger partial charge < -0.3 is 0 Å². The van der Waals surface area contributed by atoms with Crippen LogP contribution in [0.2, 0.25) is 4.31 Å². The number of phenolic OH excluding ortho intramolecular Hbond substituents is 1. The van der Waals surface area contributed by atoms with Gasteiger partial charge in [0, 0.05) is 0 Å². The number of hydrogen-bond donors (Lipinski definition) is 1. The molecule has 0 aliphatic carbocycles. The zero-order valence-corrected chi connectivity index (χ0v) is 21.7. The Bertz CT molecular complexity index is 623. The van der Waals surface area contributed by atoms with Gasteiger partial charge in [-0.05, 0) is 5.92 Å². The van der Waals surface area contributed by atoms with Crippen molar-refractivity contribution in [3.63, 3.8) is 0 Å². The molecule has 0 radical (unpaired) electrons. The Morgan fingerprint density at radius 1 is 0.931 bits per heavy atom. The van der Waals surface area contributed by atoms with Crippen molar-refractivity contribution in [2.45, 2.75) is 116 Å². The molecule has 0 aromatic heterocycles. The summed E-state index contributed by atoms with van der Waals surface area (Å²) in [4.78, 5) is 0. The van der Waals surface area contributed by atoms with Crippen LogP contribution in [-0.2, 0) is 6.42 Å². The Labute approximate surface area is 187 Å². The topological polar surface area (TPSA) is 20.2 Å². The molecule has 1 N–H and O–H groups in total. The minimum absolute atomic E-state index is 0.478. The van der Waals surface area contributed by atoms with Crippen molar-refractivity contribution >= 4 is 19.4 Å². The Morgan fingerprint density at radius 2 is 1.52 bits per heavy atom. The summed E-state index contributed by atoms with van der Waals surface area (Å²) in [5.41, 5.74) is 2.57. The van der Waals surface area contributed by atoms with Crippen LogP contribution < -0.4 is 4.46 Å². The predicted octanol–water partition coefficient (Wildman–Crippen LogP) is 7.59. The van der Waals surface area contributed by atoms with Crippen molar-refractivity contribution in [2.24, 2.45) is 17.8 Å². The molecule has 2 heteroatoms. The van der Waals surface area contributed by atoms with Crippen LogP contribution in [0, 0.1) is 24.7 Å². The molecule has 1 nitrogen and oxygen atoms in total. The van der Waals surface area contributed by atoms with Gasteiger partial charge in [-0.15, -0.1) is 0 Å². The van der Waals surface area contributed by atoms with Gasteiger partial charge in [0.1, 0.15) is 0 Å². The van der Waals surface area contributed by atoms with Crippen molar-refractivity contribution in [3.8, 4) is 5.75 Å². The van der Waals surface area contributed by atoms with Crippen LogP contribution in [0.5, 0.6) is 5.75 Å². The predicted molar refractivity (Wildman–Crippen MR) is 130 cm³/mol. The van der Waals surface area contributed by atoms with Crippen molar-refractivity contribution in [1.29, 1.82) is 0 Å². The molecule has 0 spiro atoms. The fraction of sp³-hybridized carbons (Fsp3) is 0.778. The second kappa shape index (κ2) is 11.8. The molecule has 1 aromatic rings. The zero-order chi connectivity index (χ0) is 21.4. The summed E-state index contributed by atoms with van der Waals surface area (Å²) in [6.45, 7) is 14.2. The number of benzene rings is 1. The average molecular weight is 466 g/mol. The van der Waals surface area contributed by atoms with Gasteiger partial charge in [-0.1, -0.05) is 13.8 Å². The summed E-state index contributed by atoms with van der Waals surface area (Å²) in [6.07, 6.45) is 15.1. The van der Waals surface area contributed by atoms with Crippen LogP contribution in [-0.4, -0.2) is 20.1 Å². The van der Waals surface area contributed by atoms with E-state index in [-0.39, 0.29) is 0 Å². The van der Waals surface area contributed by atoms with Crippen molar-refractivity contribution < 1.29 is 5.11 Å². The van der Waals surface area contributed by atoms with Crippen LogP contribution >= 0.6 is 0 Å². The molecule has 3 atom stereocenters. The van der Waals surface area contributed by atoms with Gasteiger partial charge in [0.15, 0.2) is 0 Å². The molecule has 1 aliphatic heterocycles. The van der Waals surface area contributed by atoms with E-state index in [2.05, 4.69) is 47.6 Å². The normalized spacial score (nSPS) is 21.2. The maximum absolute atomic E-state index is 9.98.